The highest BCUT2D eigenvalue weighted by molar-refractivity contribution is 7.08. The minimum absolute atomic E-state index is 0.351. The third-order valence-electron chi connectivity index (χ3n) is 4.05. The summed E-state index contributed by atoms with van der Waals surface area (Å²) in [5, 5.41) is 8.96. The molecule has 2 heterocycles. The summed E-state index contributed by atoms with van der Waals surface area (Å²) in [5.41, 5.74) is 0.115. The highest BCUT2D eigenvalue weighted by Gasteiger charge is 2.49. The number of anilines is 1. The Hall–Kier alpha value is -2.87. The van der Waals surface area contributed by atoms with Gasteiger partial charge in [0.15, 0.2) is 0 Å². The molecule has 4 amide bonds. The smallest absolute Gasteiger partial charge is 0.325 e. The largest absolute Gasteiger partial charge is 0.497 e. The third kappa shape index (κ3) is 3.20. The van der Waals surface area contributed by atoms with Gasteiger partial charge in [0, 0.05) is 5.69 Å². The molecule has 1 fully saturated rings. The lowest BCUT2D eigenvalue weighted by molar-refractivity contribution is -0.133. The highest BCUT2D eigenvalue weighted by atomic mass is 32.1. The zero-order valence-electron chi connectivity index (χ0n) is 13.7. The molecular weight excluding hydrogens is 342 g/mol. The Bertz CT molecular complexity index is 804. The molecule has 0 bridgehead atoms. The lowest BCUT2D eigenvalue weighted by Gasteiger charge is -2.20. The van der Waals surface area contributed by atoms with Crippen molar-refractivity contribution in [3.05, 3.63) is 46.7 Å². The summed E-state index contributed by atoms with van der Waals surface area (Å²) in [4.78, 5) is 38.0. The van der Waals surface area contributed by atoms with Crippen molar-refractivity contribution >= 4 is 34.9 Å². The number of imide groups is 1. The summed E-state index contributed by atoms with van der Waals surface area (Å²) in [7, 11) is 1.55. The predicted molar refractivity (Wildman–Crippen MR) is 93.5 cm³/mol. The van der Waals surface area contributed by atoms with Crippen molar-refractivity contribution < 1.29 is 19.1 Å². The van der Waals surface area contributed by atoms with Crippen LogP contribution in [0.4, 0.5) is 10.5 Å². The van der Waals surface area contributed by atoms with Gasteiger partial charge in [-0.05, 0) is 53.6 Å². The van der Waals surface area contributed by atoms with Gasteiger partial charge >= 0.3 is 6.03 Å². The Kier molecular flexibility index (Phi) is 4.45. The van der Waals surface area contributed by atoms with Crippen molar-refractivity contribution in [2.75, 3.05) is 19.0 Å². The lowest BCUT2D eigenvalue weighted by atomic mass is 9.95. The van der Waals surface area contributed by atoms with Gasteiger partial charge in [-0.1, -0.05) is 0 Å². The molecule has 2 aromatic rings. The highest BCUT2D eigenvalue weighted by Crippen LogP contribution is 2.30. The average Bonchev–Trinajstić information content (AvgIpc) is 3.20. The first-order valence-electron chi connectivity index (χ1n) is 7.55. The van der Waals surface area contributed by atoms with Crippen LogP contribution in [-0.4, -0.2) is 36.4 Å². The van der Waals surface area contributed by atoms with E-state index in [-0.39, 0.29) is 6.54 Å². The first-order chi connectivity index (χ1) is 11.9. The van der Waals surface area contributed by atoms with E-state index < -0.39 is 23.4 Å². The Morgan fingerprint density at radius 1 is 1.28 bits per heavy atom. The number of ether oxygens (including phenoxy) is 1. The summed E-state index contributed by atoms with van der Waals surface area (Å²) in [6.07, 6.45) is 0. The van der Waals surface area contributed by atoms with Crippen molar-refractivity contribution in [3.63, 3.8) is 0 Å². The maximum absolute atomic E-state index is 12.7. The minimum Gasteiger partial charge on any atom is -0.497 e. The Balaban J connectivity index is 1.68. The maximum Gasteiger partial charge on any atom is 0.325 e. The van der Waals surface area contributed by atoms with Gasteiger partial charge in [0.05, 0.1) is 7.11 Å². The van der Waals surface area contributed by atoms with Gasteiger partial charge in [0.2, 0.25) is 5.91 Å². The van der Waals surface area contributed by atoms with Crippen molar-refractivity contribution in [1.29, 1.82) is 0 Å². The van der Waals surface area contributed by atoms with Crippen LogP contribution in [0.15, 0.2) is 41.1 Å². The van der Waals surface area contributed by atoms with Crippen LogP contribution in [0.5, 0.6) is 5.75 Å². The molecular formula is C17H17N3O4S. The van der Waals surface area contributed by atoms with Gasteiger partial charge in [-0.25, -0.2) is 4.79 Å². The summed E-state index contributed by atoms with van der Waals surface area (Å²) in [5.74, 6) is -0.234. The predicted octanol–water partition coefficient (Wildman–Crippen LogP) is 2.16. The zero-order valence-corrected chi connectivity index (χ0v) is 14.6. The Morgan fingerprint density at radius 2 is 2.00 bits per heavy atom. The normalized spacial score (nSPS) is 19.7. The minimum atomic E-state index is -1.14. The van der Waals surface area contributed by atoms with Crippen LogP contribution in [0, 0.1) is 0 Å². The molecule has 0 unspecified atom stereocenters. The molecule has 1 aromatic heterocycles. The number of nitrogens with zero attached hydrogens (tertiary/aromatic N) is 1. The zero-order chi connectivity index (χ0) is 18.0. The molecule has 7 nitrogen and oxygen atoms in total. The fourth-order valence-electron chi connectivity index (χ4n) is 2.60. The van der Waals surface area contributed by atoms with E-state index in [9.17, 15) is 14.4 Å². The van der Waals surface area contributed by atoms with Gasteiger partial charge in [-0.2, -0.15) is 11.3 Å². The molecule has 8 heteroatoms. The summed E-state index contributed by atoms with van der Waals surface area (Å²) >= 11 is 1.44. The molecule has 25 heavy (non-hydrogen) atoms. The maximum atomic E-state index is 12.7. The molecule has 2 N–H and O–H groups in total. The first-order valence-corrected chi connectivity index (χ1v) is 8.49. The summed E-state index contributed by atoms with van der Waals surface area (Å²) in [6, 6.07) is 7.97. The van der Waals surface area contributed by atoms with E-state index in [1.165, 1.54) is 11.3 Å². The van der Waals surface area contributed by atoms with Crippen LogP contribution < -0.4 is 15.4 Å². The number of amides is 4. The number of methoxy groups -OCH3 is 1. The topological polar surface area (TPSA) is 87.7 Å². The molecule has 0 saturated carbocycles. The van der Waals surface area contributed by atoms with Gasteiger partial charge in [0.25, 0.3) is 5.91 Å². The van der Waals surface area contributed by atoms with Gasteiger partial charge < -0.3 is 15.4 Å². The fraction of sp³-hybridized carbons (Fsp3) is 0.235. The molecule has 0 radical (unpaired) electrons. The van der Waals surface area contributed by atoms with Crippen LogP contribution in [0.1, 0.15) is 12.5 Å². The molecule has 1 aromatic carbocycles. The van der Waals surface area contributed by atoms with Crippen molar-refractivity contribution in [3.8, 4) is 5.75 Å². The molecule has 0 spiro atoms. The number of nitrogens with one attached hydrogen (secondary N) is 2. The standard InChI is InChI=1S/C17H17N3O4S/c1-17(11-7-8-25-10-11)15(22)20(16(23)19-17)9-14(21)18-12-3-5-13(24-2)6-4-12/h3-8,10H,9H2,1-2H3,(H,18,21)(H,19,23)/t17-/m1/s1. The van der Waals surface area contributed by atoms with Crippen LogP contribution in [-0.2, 0) is 15.1 Å². The molecule has 1 saturated heterocycles. The van der Waals surface area contributed by atoms with E-state index in [4.69, 9.17) is 4.74 Å². The van der Waals surface area contributed by atoms with E-state index in [0.29, 0.717) is 17.0 Å². The molecule has 1 aliphatic rings. The van der Waals surface area contributed by atoms with Crippen molar-refractivity contribution in [2.24, 2.45) is 0 Å². The van der Waals surface area contributed by atoms with Crippen LogP contribution >= 0.6 is 11.3 Å². The van der Waals surface area contributed by atoms with Crippen LogP contribution in [0.25, 0.3) is 0 Å². The summed E-state index contributed by atoms with van der Waals surface area (Å²) < 4.78 is 5.05. The molecule has 0 aliphatic carbocycles. The number of benzene rings is 1. The second kappa shape index (κ2) is 6.56. The number of thiophene rings is 1. The number of hydrogen-bond donors (Lipinski definition) is 2. The van der Waals surface area contributed by atoms with E-state index >= 15 is 0 Å². The average molecular weight is 359 g/mol. The monoisotopic (exact) mass is 359 g/mol. The fourth-order valence-corrected chi connectivity index (χ4v) is 3.37. The number of hydrogen-bond acceptors (Lipinski definition) is 5. The third-order valence-corrected chi connectivity index (χ3v) is 4.73. The second-order valence-electron chi connectivity index (χ2n) is 5.74. The number of carbonyl (C=O) groups is 3. The number of carbonyl (C=O) groups excluding carboxylic acids is 3. The van der Waals surface area contributed by atoms with Gasteiger partial charge in [-0.3, -0.25) is 14.5 Å². The Morgan fingerprint density at radius 3 is 2.60 bits per heavy atom. The van der Waals surface area contributed by atoms with Crippen molar-refractivity contribution in [2.45, 2.75) is 12.5 Å². The lowest BCUT2D eigenvalue weighted by Crippen LogP contribution is -2.41. The SMILES string of the molecule is COc1ccc(NC(=O)CN2C(=O)N[C@](C)(c3ccsc3)C2=O)cc1. The Labute approximate surface area is 148 Å². The van der Waals surface area contributed by atoms with Gasteiger partial charge in [0.1, 0.15) is 17.8 Å². The summed E-state index contributed by atoms with van der Waals surface area (Å²) in [6.45, 7) is 1.28. The molecule has 1 aliphatic heterocycles. The van der Waals surface area contributed by atoms with E-state index in [1.807, 2.05) is 5.38 Å². The molecule has 1 atom stereocenters. The van der Waals surface area contributed by atoms with E-state index in [1.54, 1.807) is 49.7 Å². The van der Waals surface area contributed by atoms with Crippen LogP contribution in [0.3, 0.4) is 0 Å². The molecule has 130 valence electrons. The second-order valence-corrected chi connectivity index (χ2v) is 6.52. The van der Waals surface area contributed by atoms with E-state index in [0.717, 1.165) is 4.90 Å². The van der Waals surface area contributed by atoms with Crippen molar-refractivity contribution in [1.82, 2.24) is 10.2 Å². The number of rotatable bonds is 5. The van der Waals surface area contributed by atoms with Gasteiger partial charge in [-0.15, -0.1) is 0 Å². The quantitative estimate of drug-likeness (QED) is 0.801. The number of urea groups is 1. The van der Waals surface area contributed by atoms with Crippen LogP contribution in [0.2, 0.25) is 0 Å². The first kappa shape index (κ1) is 17.0. The molecule has 3 rings (SSSR count). The van der Waals surface area contributed by atoms with E-state index in [2.05, 4.69) is 10.6 Å².